The van der Waals surface area contributed by atoms with Crippen LogP contribution in [0.3, 0.4) is 0 Å². The summed E-state index contributed by atoms with van der Waals surface area (Å²) in [6.07, 6.45) is 2.27. The van der Waals surface area contributed by atoms with E-state index in [4.69, 9.17) is 13.9 Å². The molecule has 0 spiro atoms. The summed E-state index contributed by atoms with van der Waals surface area (Å²) in [5.74, 6) is 2.42. The summed E-state index contributed by atoms with van der Waals surface area (Å²) < 4.78 is 16.8. The van der Waals surface area contributed by atoms with Crippen LogP contribution in [0.1, 0.15) is 38.5 Å². The number of ether oxygens (including phenoxy) is 2. The van der Waals surface area contributed by atoms with Crippen LogP contribution in [-0.2, 0) is 4.74 Å². The zero-order chi connectivity index (χ0) is 15.5. The standard InChI is InChI=1S/C18H25NO3/c1-12(14-7-9-21-10-8-14)19-13(2)17-11-15-5-4-6-16(20-3)18(15)22-17/h4-6,11-14,19H,7-10H2,1-3H3/t12-,13-/m0/s1. The van der Waals surface area contributed by atoms with Gasteiger partial charge in [-0.25, -0.2) is 0 Å². The maximum Gasteiger partial charge on any atom is 0.176 e. The van der Waals surface area contributed by atoms with Crippen LogP contribution in [-0.4, -0.2) is 26.4 Å². The van der Waals surface area contributed by atoms with Crippen molar-refractivity contribution in [2.24, 2.45) is 5.92 Å². The van der Waals surface area contributed by atoms with Crippen LogP contribution in [0, 0.1) is 5.92 Å². The van der Waals surface area contributed by atoms with Gasteiger partial charge < -0.3 is 19.2 Å². The normalized spacial score (nSPS) is 19.2. The third-order valence-electron chi connectivity index (χ3n) is 4.66. The Hall–Kier alpha value is -1.52. The molecule has 0 saturated carbocycles. The lowest BCUT2D eigenvalue weighted by molar-refractivity contribution is 0.0543. The minimum atomic E-state index is 0.176. The van der Waals surface area contributed by atoms with E-state index in [1.165, 1.54) is 0 Å². The molecule has 2 heterocycles. The first kappa shape index (κ1) is 15.4. The Balaban J connectivity index is 1.72. The molecule has 1 aromatic carbocycles. The molecule has 1 saturated heterocycles. The number of fused-ring (bicyclic) bond motifs is 1. The van der Waals surface area contributed by atoms with Crippen molar-refractivity contribution in [3.05, 3.63) is 30.0 Å². The molecule has 1 aromatic heterocycles. The van der Waals surface area contributed by atoms with Crippen LogP contribution >= 0.6 is 0 Å². The third-order valence-corrected chi connectivity index (χ3v) is 4.66. The molecule has 2 atom stereocenters. The largest absolute Gasteiger partial charge is 0.493 e. The topological polar surface area (TPSA) is 43.6 Å². The lowest BCUT2D eigenvalue weighted by Gasteiger charge is -2.30. The van der Waals surface area contributed by atoms with E-state index in [2.05, 4.69) is 31.3 Å². The van der Waals surface area contributed by atoms with Gasteiger partial charge >= 0.3 is 0 Å². The van der Waals surface area contributed by atoms with Gasteiger partial charge in [-0.2, -0.15) is 0 Å². The molecule has 3 rings (SSSR count). The van der Waals surface area contributed by atoms with E-state index < -0.39 is 0 Å². The van der Waals surface area contributed by atoms with E-state index in [0.717, 1.165) is 48.5 Å². The lowest BCUT2D eigenvalue weighted by atomic mass is 9.92. The Morgan fingerprint density at radius 3 is 2.73 bits per heavy atom. The summed E-state index contributed by atoms with van der Waals surface area (Å²) in [6, 6.07) is 8.71. The van der Waals surface area contributed by atoms with E-state index in [9.17, 15) is 0 Å². The average molecular weight is 303 g/mol. The highest BCUT2D eigenvalue weighted by Crippen LogP contribution is 2.31. The lowest BCUT2D eigenvalue weighted by Crippen LogP contribution is -2.38. The minimum Gasteiger partial charge on any atom is -0.493 e. The van der Waals surface area contributed by atoms with Crippen LogP contribution in [0.15, 0.2) is 28.7 Å². The SMILES string of the molecule is COc1cccc2cc([C@H](C)N[C@@H](C)C3CCOCC3)oc12. The molecule has 2 aromatic rings. The maximum atomic E-state index is 6.03. The molecule has 1 aliphatic heterocycles. The van der Waals surface area contributed by atoms with Crippen molar-refractivity contribution in [1.82, 2.24) is 5.32 Å². The zero-order valence-corrected chi connectivity index (χ0v) is 13.6. The van der Waals surface area contributed by atoms with Crippen molar-refractivity contribution in [2.75, 3.05) is 20.3 Å². The number of rotatable bonds is 5. The summed E-state index contributed by atoms with van der Waals surface area (Å²) in [4.78, 5) is 0. The van der Waals surface area contributed by atoms with Crippen molar-refractivity contribution in [3.8, 4) is 5.75 Å². The molecule has 1 N–H and O–H groups in total. The second-order valence-corrected chi connectivity index (χ2v) is 6.15. The molecule has 22 heavy (non-hydrogen) atoms. The minimum absolute atomic E-state index is 0.176. The summed E-state index contributed by atoms with van der Waals surface area (Å²) in [5, 5.41) is 4.76. The first-order chi connectivity index (χ1) is 10.7. The molecule has 4 heteroatoms. The van der Waals surface area contributed by atoms with Gasteiger partial charge in [-0.05, 0) is 44.7 Å². The smallest absolute Gasteiger partial charge is 0.176 e. The Morgan fingerprint density at radius 2 is 2.00 bits per heavy atom. The molecule has 1 fully saturated rings. The van der Waals surface area contributed by atoms with Gasteiger partial charge in [0, 0.05) is 24.6 Å². The molecular formula is C18H25NO3. The number of benzene rings is 1. The summed E-state index contributed by atoms with van der Waals surface area (Å²) in [7, 11) is 1.67. The van der Waals surface area contributed by atoms with Gasteiger partial charge in [-0.1, -0.05) is 12.1 Å². The molecule has 4 nitrogen and oxygen atoms in total. The highest BCUT2D eigenvalue weighted by molar-refractivity contribution is 5.83. The molecule has 1 aliphatic rings. The van der Waals surface area contributed by atoms with E-state index in [-0.39, 0.29) is 6.04 Å². The van der Waals surface area contributed by atoms with Gasteiger partial charge in [0.15, 0.2) is 11.3 Å². The van der Waals surface area contributed by atoms with Gasteiger partial charge in [0.05, 0.1) is 13.2 Å². The van der Waals surface area contributed by atoms with Gasteiger partial charge in [0.2, 0.25) is 0 Å². The molecular weight excluding hydrogens is 278 g/mol. The number of hydrogen-bond acceptors (Lipinski definition) is 4. The van der Waals surface area contributed by atoms with Crippen molar-refractivity contribution >= 4 is 11.0 Å². The summed E-state index contributed by atoms with van der Waals surface area (Å²) in [6.45, 7) is 6.18. The predicted octanol–water partition coefficient (Wildman–Crippen LogP) is 3.91. The molecule has 0 amide bonds. The van der Waals surface area contributed by atoms with Gasteiger partial charge in [0.1, 0.15) is 5.76 Å². The van der Waals surface area contributed by atoms with E-state index in [1.807, 2.05) is 12.1 Å². The number of hydrogen-bond donors (Lipinski definition) is 1. The van der Waals surface area contributed by atoms with Crippen molar-refractivity contribution in [3.63, 3.8) is 0 Å². The second kappa shape index (κ2) is 6.71. The number of methoxy groups -OCH3 is 1. The molecule has 0 aliphatic carbocycles. The van der Waals surface area contributed by atoms with Crippen molar-refractivity contribution in [2.45, 2.75) is 38.8 Å². The summed E-state index contributed by atoms with van der Waals surface area (Å²) >= 11 is 0. The number of nitrogens with one attached hydrogen (secondary N) is 1. The Kier molecular flexibility index (Phi) is 4.69. The van der Waals surface area contributed by atoms with Crippen LogP contribution < -0.4 is 10.1 Å². The monoisotopic (exact) mass is 303 g/mol. The van der Waals surface area contributed by atoms with Crippen LogP contribution in [0.25, 0.3) is 11.0 Å². The van der Waals surface area contributed by atoms with Crippen LogP contribution in [0.2, 0.25) is 0 Å². The number of para-hydroxylation sites is 1. The maximum absolute atomic E-state index is 6.03. The third kappa shape index (κ3) is 3.13. The fourth-order valence-electron chi connectivity index (χ4n) is 3.26. The molecule has 0 unspecified atom stereocenters. The Bertz CT molecular complexity index is 616. The first-order valence-electron chi connectivity index (χ1n) is 8.09. The average Bonchev–Trinajstić information content (AvgIpc) is 2.99. The fraction of sp³-hybridized carbons (Fsp3) is 0.556. The quantitative estimate of drug-likeness (QED) is 0.909. The van der Waals surface area contributed by atoms with Gasteiger partial charge in [0.25, 0.3) is 0 Å². The Morgan fingerprint density at radius 1 is 1.23 bits per heavy atom. The zero-order valence-electron chi connectivity index (χ0n) is 13.6. The van der Waals surface area contributed by atoms with Gasteiger partial charge in [-0.15, -0.1) is 0 Å². The fourth-order valence-corrected chi connectivity index (χ4v) is 3.26. The molecule has 0 radical (unpaired) electrons. The highest BCUT2D eigenvalue weighted by Gasteiger charge is 2.23. The van der Waals surface area contributed by atoms with Crippen LogP contribution in [0.5, 0.6) is 5.75 Å². The van der Waals surface area contributed by atoms with E-state index in [1.54, 1.807) is 7.11 Å². The molecule has 120 valence electrons. The van der Waals surface area contributed by atoms with Gasteiger partial charge in [-0.3, -0.25) is 0 Å². The second-order valence-electron chi connectivity index (χ2n) is 6.15. The Labute approximate surface area is 131 Å². The summed E-state index contributed by atoms with van der Waals surface area (Å²) in [5.41, 5.74) is 0.826. The molecule has 0 bridgehead atoms. The number of furan rings is 1. The van der Waals surface area contributed by atoms with Crippen molar-refractivity contribution in [1.29, 1.82) is 0 Å². The van der Waals surface area contributed by atoms with E-state index in [0.29, 0.717) is 12.0 Å². The van der Waals surface area contributed by atoms with Crippen LogP contribution in [0.4, 0.5) is 0 Å². The first-order valence-corrected chi connectivity index (χ1v) is 8.09. The van der Waals surface area contributed by atoms with E-state index >= 15 is 0 Å². The highest BCUT2D eigenvalue weighted by atomic mass is 16.5. The van der Waals surface area contributed by atoms with Crippen molar-refractivity contribution < 1.29 is 13.9 Å². The predicted molar refractivity (Wildman–Crippen MR) is 87.3 cm³/mol.